The minimum Gasteiger partial charge on any atom is -0.462 e. The molecule has 6 heteroatoms. The van der Waals surface area contributed by atoms with Gasteiger partial charge < -0.3 is 13.9 Å². The molecule has 0 unspecified atom stereocenters. The normalized spacial score (nSPS) is 33.9. The zero-order valence-corrected chi connectivity index (χ0v) is 25.1. The van der Waals surface area contributed by atoms with Gasteiger partial charge in [0, 0.05) is 12.3 Å². The van der Waals surface area contributed by atoms with Crippen LogP contribution in [0.4, 0.5) is 0 Å². The Labute approximate surface area is 220 Å². The molecule has 36 heavy (non-hydrogen) atoms. The van der Waals surface area contributed by atoms with Crippen LogP contribution in [0.1, 0.15) is 87.0 Å². The summed E-state index contributed by atoms with van der Waals surface area (Å²) in [5.74, 6) is 1.02. The lowest BCUT2D eigenvalue weighted by Crippen LogP contribution is -2.47. The van der Waals surface area contributed by atoms with E-state index in [1.54, 1.807) is 0 Å². The second-order valence-electron chi connectivity index (χ2n) is 13.2. The van der Waals surface area contributed by atoms with Crippen LogP contribution in [0.3, 0.4) is 0 Å². The monoisotopic (exact) mass is 518 g/mol. The summed E-state index contributed by atoms with van der Waals surface area (Å²) in [6.07, 6.45) is 11.2. The molecule has 5 nitrogen and oxygen atoms in total. The highest BCUT2D eigenvalue weighted by atomic mass is 28.4. The van der Waals surface area contributed by atoms with E-state index >= 15 is 0 Å². The second-order valence-corrected chi connectivity index (χ2v) is 18.0. The van der Waals surface area contributed by atoms with Gasteiger partial charge in [-0.3, -0.25) is 9.59 Å². The van der Waals surface area contributed by atoms with Crippen molar-refractivity contribution in [1.29, 1.82) is 0 Å². The zero-order valence-electron chi connectivity index (χ0n) is 24.1. The van der Waals surface area contributed by atoms with Gasteiger partial charge in [-0.05, 0) is 67.1 Å². The first-order valence-corrected chi connectivity index (χ1v) is 17.1. The molecule has 0 amide bonds. The average Bonchev–Trinajstić information content (AvgIpc) is 2.76. The maximum atomic E-state index is 12.7. The summed E-state index contributed by atoms with van der Waals surface area (Å²) < 4.78 is 18.6. The quantitative estimate of drug-likeness (QED) is 0.251. The molecule has 0 saturated carbocycles. The number of rotatable bonds is 8. The van der Waals surface area contributed by atoms with Crippen LogP contribution in [0.25, 0.3) is 0 Å². The van der Waals surface area contributed by atoms with Gasteiger partial charge in [-0.25, -0.2) is 0 Å². The fourth-order valence-corrected chi connectivity index (χ4v) is 7.10. The number of hydrogen-bond donors (Lipinski definition) is 0. The topological polar surface area (TPSA) is 61.8 Å². The summed E-state index contributed by atoms with van der Waals surface area (Å²) >= 11 is 0. The van der Waals surface area contributed by atoms with Gasteiger partial charge >= 0.3 is 11.9 Å². The van der Waals surface area contributed by atoms with E-state index in [9.17, 15) is 9.59 Å². The highest BCUT2D eigenvalue weighted by Crippen LogP contribution is 2.45. The maximum Gasteiger partial charge on any atom is 0.308 e. The number of carbonyl (C=O) groups is 2. The molecule has 0 radical (unpaired) electrons. The standard InChI is InChI=1S/C30H50O5Si/c1-10-20(3)29(32)34-26-16-19(2)15-22-12-11-21(4)25(28(22)26)14-13-23-17-24(18-27(31)33-23)35-36(8,9)30(5,6)7/h11-12,15,19-21,23-26,28H,10,13-14,16-18H2,1-9H3/t19-,20+,21+,23-,24+,25+,26-,28+/m1/s1. The lowest BCUT2D eigenvalue weighted by Gasteiger charge is -2.44. The molecule has 0 N–H and O–H groups in total. The van der Waals surface area contributed by atoms with E-state index in [0.29, 0.717) is 24.2 Å². The summed E-state index contributed by atoms with van der Waals surface area (Å²) in [6, 6.07) is 0. The number of allylic oxidation sites excluding steroid dienone is 3. The number of esters is 2. The Morgan fingerprint density at radius 1 is 1.19 bits per heavy atom. The number of fused-ring (bicyclic) bond motifs is 1. The molecule has 0 aromatic heterocycles. The van der Waals surface area contributed by atoms with Crippen molar-refractivity contribution in [2.24, 2.45) is 29.6 Å². The summed E-state index contributed by atoms with van der Waals surface area (Å²) in [7, 11) is -1.96. The molecule has 8 atom stereocenters. The van der Waals surface area contributed by atoms with Crippen LogP contribution in [0.5, 0.6) is 0 Å². The third-order valence-electron chi connectivity index (χ3n) is 9.19. The van der Waals surface area contributed by atoms with Gasteiger partial charge in [-0.15, -0.1) is 0 Å². The molecule has 1 heterocycles. The van der Waals surface area contributed by atoms with Gasteiger partial charge in [0.15, 0.2) is 8.32 Å². The van der Waals surface area contributed by atoms with E-state index in [1.807, 2.05) is 13.8 Å². The average molecular weight is 519 g/mol. The van der Waals surface area contributed by atoms with Crippen molar-refractivity contribution in [3.05, 3.63) is 23.8 Å². The number of ether oxygens (including phenoxy) is 2. The van der Waals surface area contributed by atoms with Crippen LogP contribution < -0.4 is 0 Å². The molecule has 1 saturated heterocycles. The van der Waals surface area contributed by atoms with E-state index in [2.05, 4.69) is 65.9 Å². The minimum absolute atomic E-state index is 0.0592. The van der Waals surface area contributed by atoms with Gasteiger partial charge in [-0.1, -0.05) is 66.7 Å². The summed E-state index contributed by atoms with van der Waals surface area (Å²) in [5, 5.41) is 0.107. The Kier molecular flexibility index (Phi) is 9.35. The predicted molar refractivity (Wildman–Crippen MR) is 147 cm³/mol. The van der Waals surface area contributed by atoms with Crippen LogP contribution in [0.15, 0.2) is 23.8 Å². The first kappa shape index (κ1) is 29.2. The number of carbonyl (C=O) groups excluding carboxylic acids is 2. The lowest BCUT2D eigenvalue weighted by atomic mass is 9.65. The molecule has 0 bridgehead atoms. The van der Waals surface area contributed by atoms with Gasteiger partial charge in [0.2, 0.25) is 0 Å². The molecule has 2 aliphatic carbocycles. The Morgan fingerprint density at radius 2 is 1.89 bits per heavy atom. The van der Waals surface area contributed by atoms with Crippen LogP contribution in [0, 0.1) is 29.6 Å². The summed E-state index contributed by atoms with van der Waals surface area (Å²) in [6.45, 7) is 19.6. The van der Waals surface area contributed by atoms with Crippen LogP contribution in [0.2, 0.25) is 18.1 Å². The first-order valence-electron chi connectivity index (χ1n) is 14.2. The van der Waals surface area contributed by atoms with E-state index in [0.717, 1.165) is 32.1 Å². The highest BCUT2D eigenvalue weighted by molar-refractivity contribution is 6.74. The SMILES string of the molecule is CC[C@H](C)C(=O)O[C@@H]1C[C@H](C)C=C2C=C[C@H](C)[C@H](CC[C@@H]3C[C@H](O[Si](C)(C)C(C)(C)C)CC(=O)O3)[C@H]21. The fraction of sp³-hybridized carbons (Fsp3) is 0.800. The Morgan fingerprint density at radius 3 is 2.53 bits per heavy atom. The molecule has 1 aliphatic heterocycles. The third kappa shape index (κ3) is 6.92. The molecule has 3 aliphatic rings. The number of cyclic esters (lactones) is 1. The minimum atomic E-state index is -1.96. The molecule has 0 spiro atoms. The van der Waals surface area contributed by atoms with Gasteiger partial charge in [0.25, 0.3) is 0 Å². The zero-order chi connectivity index (χ0) is 26.8. The van der Waals surface area contributed by atoms with Crippen LogP contribution in [-0.2, 0) is 23.5 Å². The molecule has 3 rings (SSSR count). The van der Waals surface area contributed by atoms with Crippen molar-refractivity contribution >= 4 is 20.3 Å². The van der Waals surface area contributed by atoms with E-state index in [-0.39, 0.29) is 47.1 Å². The van der Waals surface area contributed by atoms with Crippen molar-refractivity contribution in [3.63, 3.8) is 0 Å². The Bertz CT molecular complexity index is 854. The van der Waals surface area contributed by atoms with Crippen molar-refractivity contribution < 1.29 is 23.5 Å². The lowest BCUT2D eigenvalue weighted by molar-refractivity contribution is -0.162. The Hall–Kier alpha value is -1.40. The van der Waals surface area contributed by atoms with Crippen molar-refractivity contribution in [2.45, 2.75) is 123 Å². The van der Waals surface area contributed by atoms with Gasteiger partial charge in [0.1, 0.15) is 12.2 Å². The summed E-state index contributed by atoms with van der Waals surface area (Å²) in [4.78, 5) is 25.2. The predicted octanol–water partition coefficient (Wildman–Crippen LogP) is 7.23. The van der Waals surface area contributed by atoms with Crippen molar-refractivity contribution in [2.75, 3.05) is 0 Å². The molecule has 1 fully saturated rings. The summed E-state index contributed by atoms with van der Waals surface area (Å²) in [5.41, 5.74) is 1.30. The smallest absolute Gasteiger partial charge is 0.308 e. The van der Waals surface area contributed by atoms with Crippen LogP contribution in [-0.4, -0.2) is 38.6 Å². The van der Waals surface area contributed by atoms with E-state index < -0.39 is 8.32 Å². The second kappa shape index (κ2) is 11.5. The maximum absolute atomic E-state index is 12.7. The van der Waals surface area contributed by atoms with Gasteiger partial charge in [0.05, 0.1) is 18.4 Å². The molecule has 0 aromatic carbocycles. The number of hydrogen-bond acceptors (Lipinski definition) is 5. The molecule has 204 valence electrons. The molecule has 0 aromatic rings. The fourth-order valence-electron chi connectivity index (χ4n) is 5.74. The molecular weight excluding hydrogens is 468 g/mol. The van der Waals surface area contributed by atoms with Crippen LogP contribution >= 0.6 is 0 Å². The van der Waals surface area contributed by atoms with E-state index in [1.165, 1.54) is 5.57 Å². The third-order valence-corrected chi connectivity index (χ3v) is 13.7. The highest BCUT2D eigenvalue weighted by Gasteiger charge is 2.44. The van der Waals surface area contributed by atoms with E-state index in [4.69, 9.17) is 13.9 Å². The van der Waals surface area contributed by atoms with Gasteiger partial charge in [-0.2, -0.15) is 0 Å². The largest absolute Gasteiger partial charge is 0.462 e. The van der Waals surface area contributed by atoms with Crippen molar-refractivity contribution in [1.82, 2.24) is 0 Å². The van der Waals surface area contributed by atoms with Crippen molar-refractivity contribution in [3.8, 4) is 0 Å². The Balaban J connectivity index is 1.71. The first-order chi connectivity index (χ1) is 16.7. The molecular formula is C30H50O5Si.